The van der Waals surface area contributed by atoms with E-state index in [-0.39, 0.29) is 36.0 Å². The molecule has 2 aliphatic heterocycles. The van der Waals surface area contributed by atoms with Gasteiger partial charge in [0.05, 0.1) is 17.0 Å². The Labute approximate surface area is 217 Å². The zero-order chi connectivity index (χ0) is 26.1. The number of aryl methyl sites for hydroxylation is 1. The van der Waals surface area contributed by atoms with Crippen LogP contribution in [0.15, 0.2) is 23.0 Å². The van der Waals surface area contributed by atoms with E-state index in [9.17, 15) is 19.2 Å². The lowest BCUT2D eigenvalue weighted by atomic mass is 9.89. The first-order valence-electron chi connectivity index (χ1n) is 13.8. The second kappa shape index (κ2) is 10.8. The summed E-state index contributed by atoms with van der Waals surface area (Å²) in [6.07, 6.45) is 7.85. The van der Waals surface area contributed by atoms with Crippen molar-refractivity contribution < 1.29 is 19.1 Å². The van der Waals surface area contributed by atoms with Crippen LogP contribution in [0.25, 0.3) is 11.0 Å². The van der Waals surface area contributed by atoms with E-state index in [0.717, 1.165) is 69.2 Å². The third kappa shape index (κ3) is 5.37. The summed E-state index contributed by atoms with van der Waals surface area (Å²) >= 11 is 0. The van der Waals surface area contributed by atoms with Crippen molar-refractivity contribution in [2.75, 3.05) is 19.6 Å². The predicted octanol–water partition coefficient (Wildman–Crippen LogP) is 3.01. The van der Waals surface area contributed by atoms with Crippen molar-refractivity contribution in [3.63, 3.8) is 0 Å². The molecule has 2 aromatic rings. The van der Waals surface area contributed by atoms with Gasteiger partial charge in [-0.2, -0.15) is 0 Å². The minimum atomic E-state index is -0.669. The van der Waals surface area contributed by atoms with Gasteiger partial charge in [0.2, 0.25) is 11.8 Å². The topological polar surface area (TPSA) is 103 Å². The molecule has 0 radical (unpaired) electrons. The van der Waals surface area contributed by atoms with E-state index in [1.54, 1.807) is 11.6 Å². The van der Waals surface area contributed by atoms with Gasteiger partial charge in [-0.05, 0) is 75.7 Å². The van der Waals surface area contributed by atoms with Gasteiger partial charge in [0, 0.05) is 20.0 Å². The first-order chi connectivity index (χ1) is 17.8. The normalized spacial score (nSPS) is 23.2. The molecule has 0 bridgehead atoms. The summed E-state index contributed by atoms with van der Waals surface area (Å²) in [6, 6.07) is 5.42. The van der Waals surface area contributed by atoms with Crippen LogP contribution in [0.3, 0.4) is 0 Å². The van der Waals surface area contributed by atoms with Crippen LogP contribution in [0.1, 0.15) is 82.2 Å². The monoisotopic (exact) mass is 510 g/mol. The molecule has 1 aliphatic carbocycles. The number of fused-ring (bicyclic) bond motifs is 1. The highest BCUT2D eigenvalue weighted by Crippen LogP contribution is 2.32. The number of carbonyl (C=O) groups excluding carboxylic acids is 3. The Bertz CT molecular complexity index is 1230. The molecule has 1 aromatic heterocycles. The molecule has 1 aromatic carbocycles. The minimum absolute atomic E-state index is 0.0229. The van der Waals surface area contributed by atoms with Crippen molar-refractivity contribution in [3.8, 4) is 0 Å². The van der Waals surface area contributed by atoms with Crippen molar-refractivity contribution in [2.24, 2.45) is 13.0 Å². The second-order valence-corrected chi connectivity index (χ2v) is 11.1. The van der Waals surface area contributed by atoms with E-state index in [0.29, 0.717) is 12.3 Å². The first kappa shape index (κ1) is 25.7. The van der Waals surface area contributed by atoms with E-state index < -0.39 is 11.9 Å². The molecule has 200 valence electrons. The van der Waals surface area contributed by atoms with Gasteiger partial charge in [0.1, 0.15) is 12.1 Å². The quantitative estimate of drug-likeness (QED) is 0.474. The number of nitrogens with zero attached hydrogens (tertiary/aromatic N) is 3. The number of rotatable bonds is 6. The molecule has 2 saturated heterocycles. The lowest BCUT2D eigenvalue weighted by Crippen LogP contribution is -2.44. The number of amides is 2. The highest BCUT2D eigenvalue weighted by Gasteiger charge is 2.32. The number of likely N-dealkylation sites (tertiary alicyclic amines) is 1. The fourth-order valence-electron chi connectivity index (χ4n) is 6.35. The molecule has 0 spiro atoms. The van der Waals surface area contributed by atoms with Gasteiger partial charge < -0.3 is 4.74 Å². The van der Waals surface area contributed by atoms with Gasteiger partial charge in [-0.1, -0.05) is 25.3 Å². The molecule has 2 amide bonds. The molecule has 3 fully saturated rings. The van der Waals surface area contributed by atoms with Crippen LogP contribution in [0.5, 0.6) is 0 Å². The number of imide groups is 1. The number of ether oxygens (including phenoxy) is 1. The highest BCUT2D eigenvalue weighted by atomic mass is 16.5. The summed E-state index contributed by atoms with van der Waals surface area (Å²) in [5.41, 5.74) is 2.47. The zero-order valence-electron chi connectivity index (χ0n) is 21.9. The SMILES string of the molecule is C[C@@H](CN1CCC(c2ccc3c(c2)n(C)c(=O)n3C2CCC(=O)NC2=O)CC1)OC(=O)C1CCCCC1. The van der Waals surface area contributed by atoms with Crippen LogP contribution < -0.4 is 11.0 Å². The molecule has 1 saturated carbocycles. The maximum atomic E-state index is 13.0. The number of piperidine rings is 2. The van der Waals surface area contributed by atoms with Crippen molar-refractivity contribution in [1.29, 1.82) is 0 Å². The van der Waals surface area contributed by atoms with Crippen LogP contribution in [0.2, 0.25) is 0 Å². The number of carbonyl (C=O) groups is 3. The Hall–Kier alpha value is -2.94. The lowest BCUT2D eigenvalue weighted by Gasteiger charge is -2.34. The number of imidazole rings is 1. The third-order valence-corrected chi connectivity index (χ3v) is 8.47. The average Bonchev–Trinajstić information content (AvgIpc) is 3.14. The molecular weight excluding hydrogens is 472 g/mol. The van der Waals surface area contributed by atoms with Crippen LogP contribution in [-0.2, 0) is 26.2 Å². The fraction of sp³-hybridized carbons (Fsp3) is 0.643. The standard InChI is InChI=1S/C28H38N4O5/c1-18(37-27(35)20-6-4-3-5-7-20)17-31-14-12-19(13-15-31)21-8-9-22-24(16-21)30(2)28(36)32(22)23-10-11-25(33)29-26(23)34/h8-9,16,18-20,23H,3-7,10-15,17H2,1-2H3,(H,29,33,34)/t18-,23?/m0/s1. The van der Waals surface area contributed by atoms with E-state index in [4.69, 9.17) is 4.74 Å². The number of nitrogens with one attached hydrogen (secondary N) is 1. The van der Waals surface area contributed by atoms with Gasteiger partial charge in [0.25, 0.3) is 0 Å². The van der Waals surface area contributed by atoms with E-state index >= 15 is 0 Å². The molecule has 9 heteroatoms. The molecule has 1 unspecified atom stereocenters. The van der Waals surface area contributed by atoms with Crippen molar-refractivity contribution >= 4 is 28.8 Å². The van der Waals surface area contributed by atoms with E-state index in [2.05, 4.69) is 22.3 Å². The Balaban J connectivity index is 1.21. The first-order valence-corrected chi connectivity index (χ1v) is 13.8. The number of aromatic nitrogens is 2. The van der Waals surface area contributed by atoms with Gasteiger partial charge >= 0.3 is 11.7 Å². The molecule has 3 heterocycles. The average molecular weight is 511 g/mol. The maximum absolute atomic E-state index is 13.0. The molecule has 9 nitrogen and oxygen atoms in total. The Morgan fingerprint density at radius 1 is 1.03 bits per heavy atom. The Kier molecular flexibility index (Phi) is 7.51. The highest BCUT2D eigenvalue weighted by molar-refractivity contribution is 6.00. The zero-order valence-corrected chi connectivity index (χ0v) is 21.9. The molecule has 2 atom stereocenters. The van der Waals surface area contributed by atoms with E-state index in [1.807, 2.05) is 13.0 Å². The van der Waals surface area contributed by atoms with Gasteiger partial charge in [0.15, 0.2) is 0 Å². The van der Waals surface area contributed by atoms with Crippen LogP contribution in [0.4, 0.5) is 0 Å². The minimum Gasteiger partial charge on any atom is -0.461 e. The number of benzene rings is 1. The predicted molar refractivity (Wildman–Crippen MR) is 139 cm³/mol. The smallest absolute Gasteiger partial charge is 0.329 e. The lowest BCUT2D eigenvalue weighted by molar-refractivity contribution is -0.155. The number of esters is 1. The molecule has 3 aliphatic rings. The summed E-state index contributed by atoms with van der Waals surface area (Å²) < 4.78 is 8.90. The summed E-state index contributed by atoms with van der Waals surface area (Å²) in [4.78, 5) is 51.9. The van der Waals surface area contributed by atoms with Crippen molar-refractivity contribution in [3.05, 3.63) is 34.2 Å². The molecule has 1 N–H and O–H groups in total. The van der Waals surface area contributed by atoms with Crippen molar-refractivity contribution in [2.45, 2.75) is 82.8 Å². The second-order valence-electron chi connectivity index (χ2n) is 11.1. The largest absolute Gasteiger partial charge is 0.461 e. The summed E-state index contributed by atoms with van der Waals surface area (Å²) in [6.45, 7) is 4.62. The van der Waals surface area contributed by atoms with Crippen LogP contribution in [0, 0.1) is 5.92 Å². The van der Waals surface area contributed by atoms with Crippen LogP contribution in [-0.4, -0.2) is 57.6 Å². The van der Waals surface area contributed by atoms with Crippen molar-refractivity contribution in [1.82, 2.24) is 19.4 Å². The van der Waals surface area contributed by atoms with Gasteiger partial charge in [-0.25, -0.2) is 4.79 Å². The number of hydrogen-bond acceptors (Lipinski definition) is 6. The van der Waals surface area contributed by atoms with Crippen LogP contribution >= 0.6 is 0 Å². The third-order valence-electron chi connectivity index (χ3n) is 8.47. The van der Waals surface area contributed by atoms with E-state index in [1.165, 1.54) is 16.6 Å². The summed E-state index contributed by atoms with van der Waals surface area (Å²) in [5.74, 6) is -0.265. The van der Waals surface area contributed by atoms with Gasteiger partial charge in [-0.3, -0.25) is 33.7 Å². The fourth-order valence-corrected chi connectivity index (χ4v) is 6.35. The molecule has 37 heavy (non-hydrogen) atoms. The number of hydrogen-bond donors (Lipinski definition) is 1. The summed E-state index contributed by atoms with van der Waals surface area (Å²) in [7, 11) is 1.73. The van der Waals surface area contributed by atoms with Gasteiger partial charge in [-0.15, -0.1) is 0 Å². The Morgan fingerprint density at radius 3 is 2.46 bits per heavy atom. The summed E-state index contributed by atoms with van der Waals surface area (Å²) in [5, 5.41) is 2.36. The molecular formula is C28H38N4O5. The molecule has 5 rings (SSSR count). The Morgan fingerprint density at radius 2 is 1.76 bits per heavy atom. The maximum Gasteiger partial charge on any atom is 0.329 e.